The fourth-order valence-electron chi connectivity index (χ4n) is 1.29. The normalized spacial score (nSPS) is 10.6. The number of aromatic nitrogens is 1. The predicted octanol–water partition coefficient (Wildman–Crippen LogP) is 1.75. The van der Waals surface area contributed by atoms with Crippen LogP contribution in [0.25, 0.3) is 0 Å². The van der Waals surface area contributed by atoms with Crippen molar-refractivity contribution in [3.8, 4) is 0 Å². The molecule has 14 heavy (non-hydrogen) atoms. The molecule has 1 aromatic rings. The number of nitrogens with zero attached hydrogens (tertiary/aromatic N) is 1. The van der Waals surface area contributed by atoms with Gasteiger partial charge in [0, 0.05) is 17.6 Å². The van der Waals surface area contributed by atoms with Crippen molar-refractivity contribution >= 4 is 11.3 Å². The fraction of sp³-hybridized carbons (Fsp3) is 0.700. The molecule has 0 unspecified atom stereocenters. The first-order chi connectivity index (χ1) is 6.93. The van der Waals surface area contributed by atoms with E-state index < -0.39 is 0 Å². The molecule has 0 aromatic carbocycles. The molecule has 0 spiro atoms. The number of nitrogens with one attached hydrogen (secondary N) is 1. The number of hydrogen-bond donors (Lipinski definition) is 2. The zero-order valence-electron chi connectivity index (χ0n) is 8.54. The van der Waals surface area contributed by atoms with E-state index in [0.29, 0.717) is 0 Å². The maximum atomic E-state index is 5.41. The first-order valence-electron chi connectivity index (χ1n) is 5.21. The Bertz CT molecular complexity index is 211. The van der Waals surface area contributed by atoms with Crippen LogP contribution in [0.15, 0.2) is 11.7 Å². The minimum atomic E-state index is 0.828. The molecule has 0 aliphatic heterocycles. The summed E-state index contributed by atoms with van der Waals surface area (Å²) in [6.45, 7) is 2.89. The van der Waals surface area contributed by atoms with E-state index in [1.165, 1.54) is 24.1 Å². The first kappa shape index (κ1) is 11.6. The zero-order valence-corrected chi connectivity index (χ0v) is 9.35. The highest BCUT2D eigenvalue weighted by molar-refractivity contribution is 7.09. The third-order valence-electron chi connectivity index (χ3n) is 2.09. The smallest absolute Gasteiger partial charge is 0.0794 e. The maximum Gasteiger partial charge on any atom is 0.0794 e. The second-order valence-electron chi connectivity index (χ2n) is 3.35. The minimum Gasteiger partial charge on any atom is -0.330 e. The molecule has 0 bridgehead atoms. The molecule has 0 saturated carbocycles. The van der Waals surface area contributed by atoms with E-state index >= 15 is 0 Å². The van der Waals surface area contributed by atoms with Gasteiger partial charge in [0.2, 0.25) is 0 Å². The van der Waals surface area contributed by atoms with Crippen LogP contribution in [0.5, 0.6) is 0 Å². The Balaban J connectivity index is 1.85. The third kappa shape index (κ3) is 5.32. The lowest BCUT2D eigenvalue weighted by molar-refractivity contribution is 0.592. The zero-order chi connectivity index (χ0) is 10.1. The molecule has 1 aromatic heterocycles. The first-order valence-corrected chi connectivity index (χ1v) is 6.09. The Morgan fingerprint density at radius 3 is 2.86 bits per heavy atom. The van der Waals surface area contributed by atoms with E-state index in [1.807, 2.05) is 11.7 Å². The highest BCUT2D eigenvalue weighted by atomic mass is 32.1. The van der Waals surface area contributed by atoms with Gasteiger partial charge in [-0.25, -0.2) is 0 Å². The summed E-state index contributed by atoms with van der Waals surface area (Å²) in [6, 6.07) is 0. The molecule has 1 heterocycles. The van der Waals surface area contributed by atoms with Crippen LogP contribution in [0, 0.1) is 0 Å². The van der Waals surface area contributed by atoms with Gasteiger partial charge in [-0.3, -0.25) is 4.98 Å². The van der Waals surface area contributed by atoms with Crippen LogP contribution in [-0.2, 0) is 6.54 Å². The highest BCUT2D eigenvalue weighted by Gasteiger charge is 1.93. The van der Waals surface area contributed by atoms with E-state index in [9.17, 15) is 0 Å². The summed E-state index contributed by atoms with van der Waals surface area (Å²) >= 11 is 1.70. The third-order valence-corrected chi connectivity index (χ3v) is 2.87. The summed E-state index contributed by atoms with van der Waals surface area (Å²) in [4.78, 5) is 5.34. The van der Waals surface area contributed by atoms with E-state index in [0.717, 1.165) is 26.1 Å². The standard InChI is InChI=1S/C10H19N3S/c11-5-3-1-2-4-6-12-7-10-8-13-9-14-10/h8-9,12H,1-7,11H2. The summed E-state index contributed by atoms with van der Waals surface area (Å²) < 4.78 is 0. The van der Waals surface area contributed by atoms with Crippen molar-refractivity contribution in [3.63, 3.8) is 0 Å². The van der Waals surface area contributed by atoms with Crippen LogP contribution in [0.1, 0.15) is 30.6 Å². The summed E-state index contributed by atoms with van der Waals surface area (Å²) in [5.41, 5.74) is 7.29. The van der Waals surface area contributed by atoms with Gasteiger partial charge in [0.1, 0.15) is 0 Å². The molecule has 0 saturated heterocycles. The van der Waals surface area contributed by atoms with Gasteiger partial charge >= 0.3 is 0 Å². The van der Waals surface area contributed by atoms with Gasteiger partial charge in [0.15, 0.2) is 0 Å². The van der Waals surface area contributed by atoms with Crippen LogP contribution >= 0.6 is 11.3 Å². The van der Waals surface area contributed by atoms with Crippen LogP contribution < -0.4 is 11.1 Å². The Hall–Kier alpha value is -0.450. The van der Waals surface area contributed by atoms with Crippen LogP contribution in [0.2, 0.25) is 0 Å². The summed E-state index contributed by atoms with van der Waals surface area (Å²) in [6.07, 6.45) is 6.88. The Morgan fingerprint density at radius 1 is 1.29 bits per heavy atom. The lowest BCUT2D eigenvalue weighted by Crippen LogP contribution is -2.13. The van der Waals surface area contributed by atoms with Crippen molar-refractivity contribution in [1.82, 2.24) is 10.3 Å². The van der Waals surface area contributed by atoms with E-state index in [-0.39, 0.29) is 0 Å². The van der Waals surface area contributed by atoms with Gasteiger partial charge in [0.25, 0.3) is 0 Å². The van der Waals surface area contributed by atoms with Crippen molar-refractivity contribution in [2.75, 3.05) is 13.1 Å². The van der Waals surface area contributed by atoms with E-state index in [4.69, 9.17) is 5.73 Å². The Labute approximate surface area is 89.7 Å². The summed E-state index contributed by atoms with van der Waals surface area (Å²) in [5, 5.41) is 3.40. The fourth-order valence-corrected chi connectivity index (χ4v) is 1.85. The van der Waals surface area contributed by atoms with Gasteiger partial charge < -0.3 is 11.1 Å². The van der Waals surface area contributed by atoms with Crippen molar-refractivity contribution in [3.05, 3.63) is 16.6 Å². The van der Waals surface area contributed by atoms with Gasteiger partial charge in [-0.1, -0.05) is 12.8 Å². The predicted molar refractivity (Wildman–Crippen MR) is 61.3 cm³/mol. The molecule has 0 amide bonds. The average Bonchev–Trinajstić information content (AvgIpc) is 2.69. The van der Waals surface area contributed by atoms with Gasteiger partial charge in [-0.05, 0) is 25.9 Å². The van der Waals surface area contributed by atoms with Crippen LogP contribution in [-0.4, -0.2) is 18.1 Å². The minimum absolute atomic E-state index is 0.828. The van der Waals surface area contributed by atoms with Gasteiger partial charge in [-0.2, -0.15) is 0 Å². The maximum absolute atomic E-state index is 5.41. The number of thiazole rings is 1. The lowest BCUT2D eigenvalue weighted by atomic mass is 10.2. The van der Waals surface area contributed by atoms with Crippen molar-refractivity contribution in [2.45, 2.75) is 32.2 Å². The molecule has 80 valence electrons. The second kappa shape index (κ2) is 7.91. The lowest BCUT2D eigenvalue weighted by Gasteiger charge is -2.02. The molecule has 3 nitrogen and oxygen atoms in total. The largest absolute Gasteiger partial charge is 0.330 e. The SMILES string of the molecule is NCCCCCCNCc1cncs1. The quantitative estimate of drug-likeness (QED) is 0.647. The average molecular weight is 213 g/mol. The molecular weight excluding hydrogens is 194 g/mol. The van der Waals surface area contributed by atoms with Crippen molar-refractivity contribution in [1.29, 1.82) is 0 Å². The number of nitrogens with two attached hydrogens (primary N) is 1. The molecule has 0 aliphatic carbocycles. The second-order valence-corrected chi connectivity index (χ2v) is 4.32. The van der Waals surface area contributed by atoms with E-state index in [1.54, 1.807) is 11.3 Å². The van der Waals surface area contributed by atoms with Crippen LogP contribution in [0.4, 0.5) is 0 Å². The molecule has 0 atom stereocenters. The monoisotopic (exact) mass is 213 g/mol. The topological polar surface area (TPSA) is 50.9 Å². The van der Waals surface area contributed by atoms with E-state index in [2.05, 4.69) is 10.3 Å². The number of unbranched alkanes of at least 4 members (excludes halogenated alkanes) is 3. The molecule has 1 rings (SSSR count). The van der Waals surface area contributed by atoms with Gasteiger partial charge in [0.05, 0.1) is 5.51 Å². The molecule has 3 N–H and O–H groups in total. The molecular formula is C10H19N3S. The summed E-state index contributed by atoms with van der Waals surface area (Å²) in [5.74, 6) is 0. The number of rotatable bonds is 8. The molecule has 0 aliphatic rings. The van der Waals surface area contributed by atoms with Crippen molar-refractivity contribution < 1.29 is 0 Å². The molecule has 4 heteroatoms. The highest BCUT2D eigenvalue weighted by Crippen LogP contribution is 2.04. The number of hydrogen-bond acceptors (Lipinski definition) is 4. The Kier molecular flexibility index (Phi) is 6.57. The Morgan fingerprint density at radius 2 is 2.14 bits per heavy atom. The van der Waals surface area contributed by atoms with Crippen LogP contribution in [0.3, 0.4) is 0 Å². The van der Waals surface area contributed by atoms with Crippen molar-refractivity contribution in [2.24, 2.45) is 5.73 Å². The summed E-state index contributed by atoms with van der Waals surface area (Å²) in [7, 11) is 0. The molecule has 0 radical (unpaired) electrons. The molecule has 0 fully saturated rings. The van der Waals surface area contributed by atoms with Gasteiger partial charge in [-0.15, -0.1) is 11.3 Å².